The van der Waals surface area contributed by atoms with Gasteiger partial charge in [-0.1, -0.05) is 0 Å². The summed E-state index contributed by atoms with van der Waals surface area (Å²) in [7, 11) is 0. The van der Waals surface area contributed by atoms with Crippen LogP contribution in [-0.2, 0) is 0 Å². The Bertz CT molecular complexity index is 4720. The fourth-order valence-corrected chi connectivity index (χ4v) is 10.2. The molecule has 102 heavy (non-hydrogen) atoms. The molecule has 0 atom stereocenters. The molecule has 534 valence electrons. The molecule has 0 spiro atoms. The molecule has 42 heteroatoms. The maximum Gasteiger partial charge on any atom is 0.200 e. The van der Waals surface area contributed by atoms with Crippen molar-refractivity contribution in [2.45, 2.75) is 0 Å². The molecule has 0 aliphatic heterocycles. The minimum Gasteiger partial charge on any atom is -0.205 e. The second-order valence-electron chi connectivity index (χ2n) is 19.9. The van der Waals surface area contributed by atoms with Crippen molar-refractivity contribution in [2.24, 2.45) is 0 Å². The van der Waals surface area contributed by atoms with Crippen LogP contribution in [0.5, 0.6) is 0 Å². The average molecular weight is 1520 g/mol. The van der Waals surface area contributed by atoms with Gasteiger partial charge in [-0.25, -0.2) is 184 Å². The quantitative estimate of drug-likeness (QED) is 0.0768. The third-order valence-corrected chi connectivity index (χ3v) is 14.8. The van der Waals surface area contributed by atoms with E-state index in [1.54, 1.807) is 0 Å². The Hall–Kier alpha value is -10.7. The topological polar surface area (TPSA) is 0 Å². The first-order valence-electron chi connectivity index (χ1n) is 25.2. The van der Waals surface area contributed by atoms with Gasteiger partial charge in [0.15, 0.2) is 209 Å². The molecule has 0 unspecified atom stereocenters. The van der Waals surface area contributed by atoms with E-state index in [-0.39, 0.29) is 0 Å². The van der Waals surface area contributed by atoms with E-state index in [1.807, 2.05) is 0 Å². The Labute approximate surface area is 528 Å². The van der Waals surface area contributed by atoms with Crippen molar-refractivity contribution in [1.29, 1.82) is 0 Å². The summed E-state index contributed by atoms with van der Waals surface area (Å²) in [4.78, 5) is 0. The van der Waals surface area contributed by atoms with Crippen molar-refractivity contribution in [3.8, 4) is 100 Å². The molecular formula is C60F42. The van der Waals surface area contributed by atoms with E-state index in [0.717, 1.165) is 0 Å². The van der Waals surface area contributed by atoms with E-state index in [1.165, 1.54) is 0 Å². The van der Waals surface area contributed by atoms with E-state index >= 15 is 119 Å². The highest BCUT2D eigenvalue weighted by atomic mass is 19.2. The van der Waals surface area contributed by atoms with Crippen LogP contribution >= 0.6 is 0 Å². The normalized spacial score (nSPS) is 11.8. The Balaban J connectivity index is 1.31. The second-order valence-corrected chi connectivity index (χ2v) is 19.9. The lowest BCUT2D eigenvalue weighted by Crippen LogP contribution is -2.15. The molecule has 0 saturated heterocycles. The lowest BCUT2D eigenvalue weighted by atomic mass is 9.86. The Morgan fingerprint density at radius 3 is 0.157 bits per heavy atom. The predicted octanol–water partition coefficient (Wildman–Crippen LogP) is 22.5. The fraction of sp³-hybridized carbons (Fsp3) is 0. The molecule has 10 rings (SSSR count). The summed E-state index contributed by atoms with van der Waals surface area (Å²) in [6, 6.07) is 0. The average Bonchev–Trinajstić information content (AvgIpc) is 0.722. The first kappa shape index (κ1) is 74.0. The minimum atomic E-state index is -4.10. The van der Waals surface area contributed by atoms with Crippen LogP contribution in [0.1, 0.15) is 0 Å². The molecule has 0 heterocycles. The fourth-order valence-electron chi connectivity index (χ4n) is 10.2. The Morgan fingerprint density at radius 2 is 0.0882 bits per heavy atom. The van der Waals surface area contributed by atoms with Crippen LogP contribution in [0.15, 0.2) is 0 Å². The molecule has 0 amide bonds. The van der Waals surface area contributed by atoms with E-state index in [2.05, 4.69) is 0 Å². The predicted molar refractivity (Wildman–Crippen MR) is 254 cm³/mol. The lowest BCUT2D eigenvalue weighted by molar-refractivity contribution is 0.379. The van der Waals surface area contributed by atoms with Crippen LogP contribution in [0.3, 0.4) is 0 Å². The van der Waals surface area contributed by atoms with Gasteiger partial charge in [0.05, 0.1) is 100 Å². The number of rotatable bonds is 9. The van der Waals surface area contributed by atoms with Crippen molar-refractivity contribution in [3.05, 3.63) is 244 Å². The summed E-state index contributed by atoms with van der Waals surface area (Å²) in [6.45, 7) is 0. The molecule has 0 saturated carbocycles. The Morgan fingerprint density at radius 1 is 0.0490 bits per heavy atom. The highest BCUT2D eigenvalue weighted by Crippen LogP contribution is 2.53. The lowest BCUT2D eigenvalue weighted by Gasteiger charge is -2.22. The number of benzene rings is 10. The van der Waals surface area contributed by atoms with Gasteiger partial charge < -0.3 is 0 Å². The zero-order valence-corrected chi connectivity index (χ0v) is 45.9. The van der Waals surface area contributed by atoms with Gasteiger partial charge in [-0.15, -0.1) is 0 Å². The maximum absolute atomic E-state index is 17.3. The summed E-state index contributed by atoms with van der Waals surface area (Å²) in [5.74, 6) is -153. The molecule has 0 bridgehead atoms. The van der Waals surface area contributed by atoms with E-state index in [9.17, 15) is 65.9 Å². The summed E-state index contributed by atoms with van der Waals surface area (Å²) < 4.78 is 651. The smallest absolute Gasteiger partial charge is 0.200 e. The van der Waals surface area contributed by atoms with Gasteiger partial charge in [0, 0.05) is 0 Å². The van der Waals surface area contributed by atoms with Crippen molar-refractivity contribution < 1.29 is 184 Å². The van der Waals surface area contributed by atoms with Gasteiger partial charge in [-0.05, 0) is 0 Å². The van der Waals surface area contributed by atoms with E-state index < -0.39 is 344 Å². The van der Waals surface area contributed by atoms with Crippen molar-refractivity contribution in [2.75, 3.05) is 0 Å². The molecule has 0 fully saturated rings. The third kappa shape index (κ3) is 9.88. The molecular weight excluding hydrogens is 1520 g/mol. The van der Waals surface area contributed by atoms with Crippen LogP contribution < -0.4 is 0 Å². The maximum atomic E-state index is 17.3. The number of hydrogen-bond acceptors (Lipinski definition) is 0. The van der Waals surface area contributed by atoms with E-state index in [0.29, 0.717) is 0 Å². The van der Waals surface area contributed by atoms with Crippen LogP contribution in [0.2, 0.25) is 0 Å². The summed E-state index contributed by atoms with van der Waals surface area (Å²) >= 11 is 0. The van der Waals surface area contributed by atoms with Crippen LogP contribution in [0.25, 0.3) is 100 Å². The molecule has 10 aromatic rings. The van der Waals surface area contributed by atoms with Gasteiger partial charge in [0.1, 0.15) is 17.5 Å². The Kier molecular flexibility index (Phi) is 18.2. The minimum absolute atomic E-state index is 3.02. The molecule has 10 aromatic carbocycles. The molecule has 0 aromatic heterocycles. The number of hydrogen-bond donors (Lipinski definition) is 0. The van der Waals surface area contributed by atoms with Crippen molar-refractivity contribution >= 4 is 0 Å². The number of halogens is 42. The first-order valence-corrected chi connectivity index (χ1v) is 25.2. The zero-order chi connectivity index (χ0) is 76.6. The van der Waals surface area contributed by atoms with E-state index in [4.69, 9.17) is 0 Å². The SMILES string of the molecule is Fc1c(F)c(F)c(-c2c(F)c(F)c(-c3c(F)c(F)c(-c4c(F)c(-c5c(F)c(F)c(-c6c(F)c(F)c(-c7c(F)c(F)c(F)c(F)c7F)c(F)c6F)c(F)c5F)c(F)c(-c5c(F)c(F)c(-c6c(F)c(F)c(-c7c(F)c(F)c(F)c(F)c7F)c(F)c6F)c(F)c5F)c4F)c(F)c3F)c(F)c2F)c(F)c1F. The van der Waals surface area contributed by atoms with Crippen LogP contribution in [-0.4, -0.2) is 0 Å². The molecule has 0 aliphatic rings. The summed E-state index contributed by atoms with van der Waals surface area (Å²) in [6.07, 6.45) is 0. The van der Waals surface area contributed by atoms with Gasteiger partial charge in [0.25, 0.3) is 0 Å². The first-order chi connectivity index (χ1) is 47.2. The molecule has 0 N–H and O–H groups in total. The monoisotopic (exact) mass is 1520 g/mol. The van der Waals surface area contributed by atoms with Crippen molar-refractivity contribution in [1.82, 2.24) is 0 Å². The summed E-state index contributed by atoms with van der Waals surface area (Å²) in [5.41, 5.74) is -61.6. The standard InChI is InChI=1S/C60F42/c61-19-1(4-22(64)28(70)7(29(71)23(4)65)10-34(76)40(82)13(41(83)35(10)77)16-46(88)52(94)58(100)53(95)47(16)89)20(62)3(6-26(68)32(74)9(33(75)27(6)69)12-38(80)44(86)15(45(87)39(12)81)18-50(92)56(98)60(102)57(99)51(18)93)21(63)2(19)5-24(66)30(72)8(31(73)25(5)67)11-36(78)42(84)14(43(85)37(11)79)17-48(90)54(96)59(101)55(97)49(17)91. The van der Waals surface area contributed by atoms with Gasteiger partial charge in [-0.3, -0.25) is 0 Å². The van der Waals surface area contributed by atoms with Crippen LogP contribution in [0.4, 0.5) is 184 Å². The summed E-state index contributed by atoms with van der Waals surface area (Å²) in [5, 5.41) is 0. The third-order valence-electron chi connectivity index (χ3n) is 14.8. The molecule has 0 radical (unpaired) electrons. The van der Waals surface area contributed by atoms with Gasteiger partial charge in [-0.2, -0.15) is 0 Å². The van der Waals surface area contributed by atoms with Crippen molar-refractivity contribution in [3.63, 3.8) is 0 Å². The van der Waals surface area contributed by atoms with Gasteiger partial charge >= 0.3 is 0 Å². The largest absolute Gasteiger partial charge is 0.205 e. The molecule has 0 aliphatic carbocycles. The highest BCUT2D eigenvalue weighted by Gasteiger charge is 2.46. The second kappa shape index (κ2) is 25.1. The highest BCUT2D eigenvalue weighted by molar-refractivity contribution is 5.89. The zero-order valence-electron chi connectivity index (χ0n) is 45.9. The molecule has 0 nitrogen and oxygen atoms in total. The van der Waals surface area contributed by atoms with Gasteiger partial charge in [0.2, 0.25) is 17.5 Å². The van der Waals surface area contributed by atoms with Crippen LogP contribution in [0, 0.1) is 244 Å².